The number of nitro groups is 1. The summed E-state index contributed by atoms with van der Waals surface area (Å²) in [5, 5.41) is 17.7. The van der Waals surface area contributed by atoms with Crippen molar-refractivity contribution in [1.82, 2.24) is 5.43 Å². The van der Waals surface area contributed by atoms with Crippen LogP contribution in [0.2, 0.25) is 0 Å². The number of nitrogens with one attached hydrogen (secondary N) is 1. The molecular formula is C5H9N5O2. The highest BCUT2D eigenvalue weighted by atomic mass is 16.6. The van der Waals surface area contributed by atoms with E-state index in [1.165, 1.54) is 0 Å². The van der Waals surface area contributed by atoms with Gasteiger partial charge in [0.25, 0.3) is 0 Å². The van der Waals surface area contributed by atoms with E-state index in [1.54, 1.807) is 13.8 Å². The van der Waals surface area contributed by atoms with Crippen molar-refractivity contribution in [3.63, 3.8) is 0 Å². The molecule has 12 heavy (non-hydrogen) atoms. The molecule has 1 heterocycles. The van der Waals surface area contributed by atoms with Gasteiger partial charge in [0.1, 0.15) is 0 Å². The maximum absolute atomic E-state index is 10.5. The Morgan fingerprint density at radius 1 is 1.67 bits per heavy atom. The lowest BCUT2D eigenvalue weighted by molar-refractivity contribution is -0.434. The van der Waals surface area contributed by atoms with Gasteiger partial charge in [0.2, 0.25) is 5.82 Å². The average molecular weight is 171 g/mol. The second kappa shape index (κ2) is 2.52. The standard InChI is InChI=1S/C5H9N5O2/c1-5(2)3(10(11)12)4(7-6)8-9-5/h7H,6H2,1-2H3. The minimum atomic E-state index is -0.898. The molecule has 1 aliphatic rings. The van der Waals surface area contributed by atoms with Crippen LogP contribution in [0.3, 0.4) is 0 Å². The quantitative estimate of drug-likeness (QED) is 0.350. The third-order valence-electron chi connectivity index (χ3n) is 1.52. The van der Waals surface area contributed by atoms with Crippen LogP contribution in [0.15, 0.2) is 21.7 Å². The molecule has 0 aliphatic carbocycles. The molecule has 66 valence electrons. The molecule has 0 saturated heterocycles. The monoisotopic (exact) mass is 171 g/mol. The van der Waals surface area contributed by atoms with E-state index in [0.717, 1.165) is 0 Å². The van der Waals surface area contributed by atoms with E-state index in [9.17, 15) is 10.1 Å². The maximum atomic E-state index is 10.5. The number of hydrogen-bond donors (Lipinski definition) is 2. The second-order valence-corrected chi connectivity index (χ2v) is 2.86. The van der Waals surface area contributed by atoms with E-state index in [0.29, 0.717) is 0 Å². The van der Waals surface area contributed by atoms with Crippen LogP contribution in [0.4, 0.5) is 0 Å². The maximum Gasteiger partial charge on any atom is 0.319 e. The molecule has 0 radical (unpaired) electrons. The molecule has 3 N–H and O–H groups in total. The van der Waals surface area contributed by atoms with Crippen molar-refractivity contribution in [2.24, 2.45) is 16.1 Å². The topological polar surface area (TPSA) is 106 Å². The molecule has 1 rings (SSSR count). The van der Waals surface area contributed by atoms with Gasteiger partial charge in [0.15, 0.2) is 5.54 Å². The summed E-state index contributed by atoms with van der Waals surface area (Å²) in [6.45, 7) is 3.19. The van der Waals surface area contributed by atoms with E-state index in [-0.39, 0.29) is 11.5 Å². The zero-order valence-corrected chi connectivity index (χ0v) is 6.74. The first-order chi connectivity index (χ1) is 5.49. The Hall–Kier alpha value is -1.50. The molecule has 0 unspecified atom stereocenters. The van der Waals surface area contributed by atoms with Crippen molar-refractivity contribution >= 4 is 0 Å². The van der Waals surface area contributed by atoms with Crippen molar-refractivity contribution in [3.8, 4) is 0 Å². The Morgan fingerprint density at radius 2 is 2.25 bits per heavy atom. The fourth-order valence-electron chi connectivity index (χ4n) is 0.967. The van der Waals surface area contributed by atoms with Gasteiger partial charge in [-0.2, -0.15) is 5.11 Å². The minimum Gasteiger partial charge on any atom is -0.301 e. The van der Waals surface area contributed by atoms with Crippen molar-refractivity contribution in [1.29, 1.82) is 0 Å². The zero-order chi connectivity index (χ0) is 9.35. The van der Waals surface area contributed by atoms with E-state index < -0.39 is 10.5 Å². The van der Waals surface area contributed by atoms with Crippen LogP contribution < -0.4 is 11.3 Å². The van der Waals surface area contributed by atoms with Gasteiger partial charge in [-0.1, -0.05) is 0 Å². The fraction of sp³-hybridized carbons (Fsp3) is 0.600. The summed E-state index contributed by atoms with van der Waals surface area (Å²) in [4.78, 5) is 9.99. The van der Waals surface area contributed by atoms with Gasteiger partial charge in [-0.3, -0.25) is 10.1 Å². The Morgan fingerprint density at radius 3 is 2.58 bits per heavy atom. The molecule has 0 aromatic rings. The highest BCUT2D eigenvalue weighted by Gasteiger charge is 2.41. The van der Waals surface area contributed by atoms with Gasteiger partial charge in [-0.15, -0.1) is 5.11 Å². The lowest BCUT2D eigenvalue weighted by Gasteiger charge is -2.08. The lowest BCUT2D eigenvalue weighted by Crippen LogP contribution is -2.28. The number of nitrogens with zero attached hydrogens (tertiary/aromatic N) is 3. The minimum absolute atomic E-state index is 0.0185. The molecule has 7 nitrogen and oxygen atoms in total. The first-order valence-corrected chi connectivity index (χ1v) is 3.27. The lowest BCUT2D eigenvalue weighted by atomic mass is 10.0. The Balaban J connectivity index is 3.13. The van der Waals surface area contributed by atoms with E-state index in [2.05, 4.69) is 15.7 Å². The average Bonchev–Trinajstić information content (AvgIpc) is 2.24. The third-order valence-corrected chi connectivity index (χ3v) is 1.52. The van der Waals surface area contributed by atoms with Gasteiger partial charge in [-0.25, -0.2) is 5.84 Å². The summed E-state index contributed by atoms with van der Waals surface area (Å²) in [5.41, 5.74) is 1.12. The Kier molecular flexibility index (Phi) is 1.81. The van der Waals surface area contributed by atoms with Gasteiger partial charge in [-0.05, 0) is 13.8 Å². The van der Waals surface area contributed by atoms with Crippen molar-refractivity contribution in [2.45, 2.75) is 19.4 Å². The summed E-state index contributed by atoms with van der Waals surface area (Å²) in [5.74, 6) is 5.04. The molecule has 0 aromatic carbocycles. The van der Waals surface area contributed by atoms with Crippen LogP contribution in [-0.2, 0) is 0 Å². The first kappa shape index (κ1) is 8.60. The molecule has 0 aromatic heterocycles. The molecule has 1 aliphatic heterocycles. The SMILES string of the molecule is CC1(C)N=NC(NN)=C1[N+](=O)[O-]. The van der Waals surface area contributed by atoms with Crippen molar-refractivity contribution in [2.75, 3.05) is 0 Å². The Labute approximate surface area is 68.5 Å². The largest absolute Gasteiger partial charge is 0.319 e. The molecular weight excluding hydrogens is 162 g/mol. The second-order valence-electron chi connectivity index (χ2n) is 2.86. The van der Waals surface area contributed by atoms with Gasteiger partial charge >= 0.3 is 5.70 Å². The van der Waals surface area contributed by atoms with E-state index in [4.69, 9.17) is 5.84 Å². The number of hydrogen-bond acceptors (Lipinski definition) is 6. The number of azo groups is 1. The van der Waals surface area contributed by atoms with Crippen LogP contribution in [-0.4, -0.2) is 10.5 Å². The summed E-state index contributed by atoms with van der Waals surface area (Å²) in [6.07, 6.45) is 0. The van der Waals surface area contributed by atoms with Crippen LogP contribution >= 0.6 is 0 Å². The molecule has 0 fully saturated rings. The molecule has 0 saturated carbocycles. The smallest absolute Gasteiger partial charge is 0.301 e. The highest BCUT2D eigenvalue weighted by molar-refractivity contribution is 5.19. The number of nitrogens with two attached hydrogens (primary N) is 1. The van der Waals surface area contributed by atoms with Gasteiger partial charge in [0, 0.05) is 0 Å². The van der Waals surface area contributed by atoms with Gasteiger partial charge < -0.3 is 5.43 Å². The van der Waals surface area contributed by atoms with Crippen LogP contribution in [0.1, 0.15) is 13.8 Å². The summed E-state index contributed by atoms with van der Waals surface area (Å²) in [6, 6.07) is 0. The number of rotatable bonds is 2. The highest BCUT2D eigenvalue weighted by Crippen LogP contribution is 2.29. The third kappa shape index (κ3) is 1.14. The molecule has 7 heteroatoms. The fourth-order valence-corrected chi connectivity index (χ4v) is 0.967. The first-order valence-electron chi connectivity index (χ1n) is 3.27. The molecule has 0 spiro atoms. The summed E-state index contributed by atoms with van der Waals surface area (Å²) >= 11 is 0. The molecule has 0 atom stereocenters. The van der Waals surface area contributed by atoms with Gasteiger partial charge in [0.05, 0.1) is 4.92 Å². The zero-order valence-electron chi connectivity index (χ0n) is 6.74. The predicted octanol–water partition coefficient (Wildman–Crippen LogP) is 0.140. The summed E-state index contributed by atoms with van der Waals surface area (Å²) in [7, 11) is 0. The Bertz CT molecular complexity index is 280. The predicted molar refractivity (Wildman–Crippen MR) is 40.3 cm³/mol. The molecule has 0 amide bonds. The van der Waals surface area contributed by atoms with Crippen LogP contribution in [0, 0.1) is 10.1 Å². The van der Waals surface area contributed by atoms with Crippen molar-refractivity contribution in [3.05, 3.63) is 21.6 Å². The molecule has 0 bridgehead atoms. The van der Waals surface area contributed by atoms with Crippen LogP contribution in [0.25, 0.3) is 0 Å². The normalized spacial score (nSPS) is 19.9. The van der Waals surface area contributed by atoms with Crippen molar-refractivity contribution < 1.29 is 4.92 Å². The summed E-state index contributed by atoms with van der Waals surface area (Å²) < 4.78 is 0. The number of hydrazine groups is 1. The van der Waals surface area contributed by atoms with Crippen LogP contribution in [0.5, 0.6) is 0 Å². The van der Waals surface area contributed by atoms with E-state index in [1.807, 2.05) is 0 Å². The van der Waals surface area contributed by atoms with E-state index >= 15 is 0 Å².